The van der Waals surface area contributed by atoms with E-state index in [1.165, 1.54) is 10.8 Å². The summed E-state index contributed by atoms with van der Waals surface area (Å²) in [6.45, 7) is 0. The van der Waals surface area contributed by atoms with Crippen LogP contribution in [-0.2, 0) is 0 Å². The molecular formula is C8H8N2S. The second-order valence-electron chi connectivity index (χ2n) is 2.29. The van der Waals surface area contributed by atoms with E-state index in [1.807, 2.05) is 30.0 Å². The number of thioether (sulfide) groups is 1. The highest BCUT2D eigenvalue weighted by atomic mass is 32.2. The van der Waals surface area contributed by atoms with Crippen LogP contribution in [0, 0.1) is 0 Å². The first-order chi connectivity index (χ1) is 5.45. The Morgan fingerprint density at radius 3 is 2.91 bits per heavy atom. The first-order valence-electron chi connectivity index (χ1n) is 3.56. The number of aliphatic imine (C=N–C) groups is 1. The Morgan fingerprint density at radius 2 is 2.36 bits per heavy atom. The SMILES string of the molecule is c1ccc(/N=C2\CCS2)nc1. The lowest BCUT2D eigenvalue weighted by atomic mass is 10.4. The maximum Gasteiger partial charge on any atom is 0.152 e. The summed E-state index contributed by atoms with van der Waals surface area (Å²) in [5, 5.41) is 1.21. The summed E-state index contributed by atoms with van der Waals surface area (Å²) in [4.78, 5) is 8.43. The molecule has 0 saturated carbocycles. The van der Waals surface area contributed by atoms with Crippen molar-refractivity contribution in [1.29, 1.82) is 0 Å². The summed E-state index contributed by atoms with van der Waals surface area (Å²) < 4.78 is 0. The molecular weight excluding hydrogens is 156 g/mol. The Kier molecular flexibility index (Phi) is 1.90. The molecule has 1 aromatic heterocycles. The number of nitrogens with zero attached hydrogens (tertiary/aromatic N) is 2. The smallest absolute Gasteiger partial charge is 0.152 e. The molecule has 2 heterocycles. The average molecular weight is 164 g/mol. The van der Waals surface area contributed by atoms with Crippen LogP contribution >= 0.6 is 11.8 Å². The molecule has 1 aliphatic rings. The molecule has 1 fully saturated rings. The van der Waals surface area contributed by atoms with Gasteiger partial charge < -0.3 is 0 Å². The van der Waals surface area contributed by atoms with Gasteiger partial charge >= 0.3 is 0 Å². The maximum atomic E-state index is 4.33. The van der Waals surface area contributed by atoms with E-state index in [0.717, 1.165) is 12.2 Å². The van der Waals surface area contributed by atoms with Gasteiger partial charge in [-0.15, -0.1) is 11.8 Å². The quantitative estimate of drug-likeness (QED) is 0.636. The Morgan fingerprint density at radius 1 is 1.45 bits per heavy atom. The fourth-order valence-electron chi connectivity index (χ4n) is 0.829. The van der Waals surface area contributed by atoms with Crippen LogP contribution in [0.3, 0.4) is 0 Å². The van der Waals surface area contributed by atoms with E-state index in [4.69, 9.17) is 0 Å². The predicted octanol–water partition coefficient (Wildman–Crippen LogP) is 2.25. The molecule has 2 rings (SSSR count). The average Bonchev–Trinajstić information content (AvgIpc) is 1.99. The molecule has 1 aliphatic heterocycles. The molecule has 0 unspecified atom stereocenters. The fourth-order valence-corrected chi connectivity index (χ4v) is 1.37. The normalized spacial score (nSPS) is 19.8. The summed E-state index contributed by atoms with van der Waals surface area (Å²) in [6.07, 6.45) is 2.89. The van der Waals surface area contributed by atoms with Crippen molar-refractivity contribution >= 4 is 22.6 Å². The zero-order valence-corrected chi connectivity index (χ0v) is 6.84. The van der Waals surface area contributed by atoms with Gasteiger partial charge in [-0.1, -0.05) is 6.07 Å². The van der Waals surface area contributed by atoms with Gasteiger partial charge in [0.25, 0.3) is 0 Å². The minimum Gasteiger partial charge on any atom is -0.237 e. The van der Waals surface area contributed by atoms with Crippen LogP contribution in [-0.4, -0.2) is 15.8 Å². The van der Waals surface area contributed by atoms with E-state index in [9.17, 15) is 0 Å². The first kappa shape index (κ1) is 6.85. The molecule has 1 aromatic rings. The Hall–Kier alpha value is -0.830. The molecule has 3 heteroatoms. The number of hydrogen-bond acceptors (Lipinski definition) is 3. The van der Waals surface area contributed by atoms with Crippen molar-refractivity contribution in [3.8, 4) is 0 Å². The summed E-state index contributed by atoms with van der Waals surface area (Å²) in [5.74, 6) is 2.04. The molecule has 2 nitrogen and oxygen atoms in total. The largest absolute Gasteiger partial charge is 0.237 e. The Labute approximate surface area is 69.8 Å². The van der Waals surface area contributed by atoms with E-state index in [2.05, 4.69) is 9.98 Å². The minimum absolute atomic E-state index is 0.828. The van der Waals surface area contributed by atoms with Gasteiger partial charge in [0.1, 0.15) is 0 Å². The van der Waals surface area contributed by atoms with E-state index >= 15 is 0 Å². The van der Waals surface area contributed by atoms with Gasteiger partial charge in [0.05, 0.1) is 5.04 Å². The minimum atomic E-state index is 0.828. The molecule has 1 saturated heterocycles. The van der Waals surface area contributed by atoms with E-state index in [-0.39, 0.29) is 0 Å². The van der Waals surface area contributed by atoms with Crippen molar-refractivity contribution in [3.05, 3.63) is 24.4 Å². The highest BCUT2D eigenvalue weighted by molar-refractivity contribution is 8.15. The van der Waals surface area contributed by atoms with Crippen LogP contribution in [0.1, 0.15) is 6.42 Å². The summed E-state index contributed by atoms with van der Waals surface area (Å²) in [7, 11) is 0. The molecule has 0 aromatic carbocycles. The number of aromatic nitrogens is 1. The molecule has 56 valence electrons. The number of hydrogen-bond donors (Lipinski definition) is 0. The molecule has 0 radical (unpaired) electrons. The lowest BCUT2D eigenvalue weighted by Crippen LogP contribution is -2.06. The van der Waals surface area contributed by atoms with E-state index < -0.39 is 0 Å². The van der Waals surface area contributed by atoms with Gasteiger partial charge in [0.2, 0.25) is 0 Å². The van der Waals surface area contributed by atoms with Crippen molar-refractivity contribution in [2.75, 3.05) is 5.75 Å². The van der Waals surface area contributed by atoms with Crippen LogP contribution in [0.5, 0.6) is 0 Å². The predicted molar refractivity (Wildman–Crippen MR) is 48.4 cm³/mol. The van der Waals surface area contributed by atoms with Crippen molar-refractivity contribution in [2.24, 2.45) is 4.99 Å². The Balaban J connectivity index is 2.17. The van der Waals surface area contributed by atoms with Gasteiger partial charge in [0.15, 0.2) is 5.82 Å². The Bertz CT molecular complexity index is 263. The van der Waals surface area contributed by atoms with E-state index in [1.54, 1.807) is 6.20 Å². The van der Waals surface area contributed by atoms with Gasteiger partial charge in [0, 0.05) is 18.4 Å². The van der Waals surface area contributed by atoms with Gasteiger partial charge in [-0.2, -0.15) is 0 Å². The van der Waals surface area contributed by atoms with Crippen molar-refractivity contribution in [1.82, 2.24) is 4.98 Å². The molecule has 0 atom stereocenters. The third-order valence-electron chi connectivity index (χ3n) is 1.47. The van der Waals surface area contributed by atoms with Crippen LogP contribution < -0.4 is 0 Å². The van der Waals surface area contributed by atoms with Gasteiger partial charge in [-0.05, 0) is 12.1 Å². The van der Waals surface area contributed by atoms with Gasteiger partial charge in [-0.3, -0.25) is 0 Å². The van der Waals surface area contributed by atoms with Crippen LogP contribution in [0.15, 0.2) is 29.4 Å². The van der Waals surface area contributed by atoms with Crippen molar-refractivity contribution in [2.45, 2.75) is 6.42 Å². The monoisotopic (exact) mass is 164 g/mol. The zero-order chi connectivity index (χ0) is 7.52. The van der Waals surface area contributed by atoms with E-state index in [0.29, 0.717) is 0 Å². The highest BCUT2D eigenvalue weighted by Crippen LogP contribution is 2.23. The second-order valence-corrected chi connectivity index (χ2v) is 3.46. The van der Waals surface area contributed by atoms with Crippen LogP contribution in [0.2, 0.25) is 0 Å². The van der Waals surface area contributed by atoms with Crippen LogP contribution in [0.25, 0.3) is 0 Å². The fraction of sp³-hybridized carbons (Fsp3) is 0.250. The lowest BCUT2D eigenvalue weighted by molar-refractivity contribution is 1.23. The van der Waals surface area contributed by atoms with Crippen molar-refractivity contribution in [3.63, 3.8) is 0 Å². The molecule has 0 N–H and O–H groups in total. The molecule has 0 spiro atoms. The lowest BCUT2D eigenvalue weighted by Gasteiger charge is -2.12. The molecule has 0 bridgehead atoms. The maximum absolute atomic E-state index is 4.33. The number of pyridine rings is 1. The zero-order valence-electron chi connectivity index (χ0n) is 6.03. The molecule has 0 amide bonds. The molecule has 0 aliphatic carbocycles. The first-order valence-corrected chi connectivity index (χ1v) is 4.55. The highest BCUT2D eigenvalue weighted by Gasteiger charge is 2.10. The third-order valence-corrected chi connectivity index (χ3v) is 2.51. The van der Waals surface area contributed by atoms with Crippen molar-refractivity contribution < 1.29 is 0 Å². The third kappa shape index (κ3) is 1.60. The molecule has 11 heavy (non-hydrogen) atoms. The van der Waals surface area contributed by atoms with Crippen LogP contribution in [0.4, 0.5) is 5.82 Å². The summed E-state index contributed by atoms with van der Waals surface area (Å²) in [6, 6.07) is 5.78. The topological polar surface area (TPSA) is 25.2 Å². The summed E-state index contributed by atoms with van der Waals surface area (Å²) >= 11 is 1.81. The van der Waals surface area contributed by atoms with Gasteiger partial charge in [-0.25, -0.2) is 9.98 Å². The second kappa shape index (κ2) is 3.05. The number of rotatable bonds is 1. The summed E-state index contributed by atoms with van der Waals surface area (Å²) in [5.41, 5.74) is 0. The standard InChI is InChI=1S/C8H8N2S/c1-2-5-9-7(3-1)10-8-4-6-11-8/h1-3,5H,4,6H2/b10-8+.